The van der Waals surface area contributed by atoms with E-state index < -0.39 is 23.5 Å². The summed E-state index contributed by atoms with van der Waals surface area (Å²) in [5.41, 5.74) is 1.51. The van der Waals surface area contributed by atoms with Gasteiger partial charge in [-0.25, -0.2) is 9.48 Å². The average molecular weight is 485 g/mol. The number of rotatable bonds is 9. The van der Waals surface area contributed by atoms with E-state index in [2.05, 4.69) is 15.9 Å². The number of nitrogens with one attached hydrogen (secondary N) is 2. The molecule has 0 aliphatic rings. The molecular weight excluding hydrogens is 465 g/mol. The van der Waals surface area contributed by atoms with Crippen LogP contribution in [0.15, 0.2) is 48.5 Å². The number of benzene rings is 2. The van der Waals surface area contributed by atoms with Crippen molar-refractivity contribution in [3.05, 3.63) is 70.4 Å². The molecule has 0 radical (unpaired) electrons. The van der Waals surface area contributed by atoms with Gasteiger partial charge in [-0.3, -0.25) is 15.6 Å². The second kappa shape index (κ2) is 10.1. The van der Waals surface area contributed by atoms with Gasteiger partial charge in [0.05, 0.1) is 5.56 Å². The third kappa shape index (κ3) is 6.15. The Morgan fingerprint density at radius 2 is 1.82 bits per heavy atom. The van der Waals surface area contributed by atoms with Crippen LogP contribution < -0.4 is 15.5 Å². The van der Waals surface area contributed by atoms with Gasteiger partial charge < -0.3 is 9.84 Å². The Morgan fingerprint density at radius 1 is 1.18 bits per heavy atom. The van der Waals surface area contributed by atoms with E-state index in [9.17, 15) is 18.0 Å². The maximum Gasteiger partial charge on any atom is 0.437 e. The van der Waals surface area contributed by atoms with Gasteiger partial charge in [0.25, 0.3) is 0 Å². The summed E-state index contributed by atoms with van der Waals surface area (Å²) in [6, 6.07) is 12.0. The number of hydrogen-bond donors (Lipinski definition) is 3. The number of aromatic carboxylic acids is 1. The van der Waals surface area contributed by atoms with Crippen LogP contribution >= 0.6 is 11.6 Å². The van der Waals surface area contributed by atoms with Crippen molar-refractivity contribution in [2.24, 2.45) is 7.05 Å². The molecule has 0 saturated heterocycles. The summed E-state index contributed by atoms with van der Waals surface area (Å²) in [6.07, 6.45) is -4.75. The zero-order valence-electron chi connectivity index (χ0n) is 17.5. The Morgan fingerprint density at radius 3 is 2.39 bits per heavy atom. The molecule has 12 heteroatoms. The molecule has 1 heterocycles. The van der Waals surface area contributed by atoms with E-state index in [1.165, 1.54) is 43.4 Å². The lowest BCUT2D eigenvalue weighted by molar-refractivity contribution is -0.141. The summed E-state index contributed by atoms with van der Waals surface area (Å²) in [7, 11) is 1.31. The summed E-state index contributed by atoms with van der Waals surface area (Å²) in [4.78, 5) is 16.1. The molecule has 0 aliphatic heterocycles. The minimum atomic E-state index is -4.75. The van der Waals surface area contributed by atoms with E-state index in [1.807, 2.05) is 0 Å². The zero-order valence-corrected chi connectivity index (χ0v) is 18.2. The minimum absolute atomic E-state index is 0.147. The van der Waals surface area contributed by atoms with E-state index in [1.54, 1.807) is 19.1 Å². The first kappa shape index (κ1) is 24.4. The van der Waals surface area contributed by atoms with Crippen molar-refractivity contribution >= 4 is 23.3 Å². The maximum absolute atomic E-state index is 13.5. The Balaban J connectivity index is 1.68. The first-order valence-electron chi connectivity index (χ1n) is 9.58. The van der Waals surface area contributed by atoms with E-state index in [4.69, 9.17) is 26.3 Å². The lowest BCUT2D eigenvalue weighted by Gasteiger charge is -2.16. The Bertz CT molecular complexity index is 1100. The van der Waals surface area contributed by atoms with Gasteiger partial charge in [0.2, 0.25) is 5.88 Å². The lowest BCUT2D eigenvalue weighted by Crippen LogP contribution is -2.24. The van der Waals surface area contributed by atoms with E-state index in [-0.39, 0.29) is 30.0 Å². The molecule has 33 heavy (non-hydrogen) atoms. The molecule has 0 spiro atoms. The van der Waals surface area contributed by atoms with E-state index >= 15 is 0 Å². The highest BCUT2D eigenvalue weighted by atomic mass is 35.5. The molecule has 8 nitrogen and oxygen atoms in total. The second-order valence-electron chi connectivity index (χ2n) is 6.95. The molecule has 1 aromatic heterocycles. The molecule has 0 fully saturated rings. The highest BCUT2D eigenvalue weighted by molar-refractivity contribution is 6.30. The van der Waals surface area contributed by atoms with Crippen molar-refractivity contribution in [3.63, 3.8) is 0 Å². The van der Waals surface area contributed by atoms with Gasteiger partial charge in [-0.2, -0.15) is 18.3 Å². The van der Waals surface area contributed by atoms with Gasteiger partial charge in [-0.15, -0.1) is 0 Å². The minimum Gasteiger partial charge on any atom is -0.478 e. The predicted octanol–water partition coefficient (Wildman–Crippen LogP) is 5.23. The molecule has 3 rings (SSSR count). The Hall–Kier alpha value is -3.28. The van der Waals surface area contributed by atoms with Crippen molar-refractivity contribution in [3.8, 4) is 11.6 Å². The number of halogens is 4. The number of hydrogen-bond acceptors (Lipinski definition) is 6. The summed E-state index contributed by atoms with van der Waals surface area (Å²) < 4.78 is 47.0. The highest BCUT2D eigenvalue weighted by Gasteiger charge is 2.40. The molecule has 0 aliphatic carbocycles. The van der Waals surface area contributed by atoms with E-state index in [0.29, 0.717) is 5.02 Å². The number of carboxylic acid groups (broad SMARTS) is 1. The van der Waals surface area contributed by atoms with Crippen LogP contribution in [0.25, 0.3) is 0 Å². The highest BCUT2D eigenvalue weighted by Crippen LogP contribution is 2.41. The van der Waals surface area contributed by atoms with Crippen molar-refractivity contribution in [1.29, 1.82) is 0 Å². The Labute approximate surface area is 191 Å². The topological polar surface area (TPSA) is 97.6 Å². The fraction of sp³-hybridized carbons (Fsp3) is 0.238. The molecular formula is C21H20ClF3N4O4. The van der Waals surface area contributed by atoms with Crippen molar-refractivity contribution in [1.82, 2.24) is 15.1 Å². The van der Waals surface area contributed by atoms with Crippen LogP contribution in [0, 0.1) is 0 Å². The number of alkyl halides is 3. The number of carboxylic acids is 1. The van der Waals surface area contributed by atoms with Crippen molar-refractivity contribution in [2.45, 2.75) is 19.1 Å². The zero-order chi connectivity index (χ0) is 24.2. The lowest BCUT2D eigenvalue weighted by atomic mass is 10.1. The van der Waals surface area contributed by atoms with Crippen molar-refractivity contribution < 1.29 is 32.6 Å². The second-order valence-corrected chi connectivity index (χ2v) is 7.39. The molecule has 3 aromatic rings. The van der Waals surface area contributed by atoms with Crippen LogP contribution in [0.4, 0.5) is 18.9 Å². The van der Waals surface area contributed by atoms with Crippen LogP contribution in [0.5, 0.6) is 11.6 Å². The van der Waals surface area contributed by atoms with Gasteiger partial charge in [0.15, 0.2) is 11.4 Å². The van der Waals surface area contributed by atoms with Crippen LogP contribution in [0.3, 0.4) is 0 Å². The molecule has 0 unspecified atom stereocenters. The number of aromatic nitrogens is 2. The Kier molecular flexibility index (Phi) is 7.46. The van der Waals surface area contributed by atoms with Crippen LogP contribution in [-0.4, -0.2) is 27.6 Å². The van der Waals surface area contributed by atoms with Gasteiger partial charge in [0.1, 0.15) is 12.5 Å². The summed E-state index contributed by atoms with van der Waals surface area (Å²) in [6.45, 7) is 1.62. The fourth-order valence-electron chi connectivity index (χ4n) is 2.84. The smallest absolute Gasteiger partial charge is 0.437 e. The van der Waals surface area contributed by atoms with Gasteiger partial charge >= 0.3 is 12.1 Å². The number of aryl methyl sites for hydroxylation is 1. The molecule has 0 bridgehead atoms. The molecule has 176 valence electrons. The molecule has 0 amide bonds. The molecule has 1 atom stereocenters. The number of carbonyl (C=O) groups is 1. The monoisotopic (exact) mass is 484 g/mol. The first-order valence-corrected chi connectivity index (χ1v) is 9.96. The largest absolute Gasteiger partial charge is 0.478 e. The van der Waals surface area contributed by atoms with Gasteiger partial charge in [-0.1, -0.05) is 23.7 Å². The normalized spacial score (nSPS) is 12.4. The quantitative estimate of drug-likeness (QED) is 0.217. The molecule has 0 saturated carbocycles. The SMILES string of the molecule is C[C@H](NCONc1c(C(F)(F)F)nn(C)c1Oc1ccc(Cl)cc1)c1ccc(C(=O)O)cc1. The third-order valence-corrected chi connectivity index (χ3v) is 4.84. The standard InChI is InChI=1S/C21H20ClF3N4O4/c1-12(13-3-5-14(6-4-13)20(30)31)26-11-32-28-17-18(21(23,24)25)27-29(2)19(17)33-16-9-7-15(22)8-10-16/h3-10,12,26,28H,11H2,1-2H3,(H,30,31)/t12-/m0/s1. The number of anilines is 1. The van der Waals surface area contributed by atoms with E-state index in [0.717, 1.165) is 10.2 Å². The summed E-state index contributed by atoms with van der Waals surface area (Å²) in [5, 5.41) is 15.9. The summed E-state index contributed by atoms with van der Waals surface area (Å²) >= 11 is 5.83. The number of nitrogens with zero attached hydrogens (tertiary/aromatic N) is 2. The average Bonchev–Trinajstić information content (AvgIpc) is 3.08. The van der Waals surface area contributed by atoms with Crippen LogP contribution in [0.2, 0.25) is 5.02 Å². The summed E-state index contributed by atoms with van der Waals surface area (Å²) in [5.74, 6) is -0.985. The van der Waals surface area contributed by atoms with Crippen LogP contribution in [-0.2, 0) is 18.1 Å². The fourth-order valence-corrected chi connectivity index (χ4v) is 2.96. The molecule has 2 aromatic carbocycles. The molecule has 3 N–H and O–H groups in total. The maximum atomic E-state index is 13.5. The van der Waals surface area contributed by atoms with Crippen molar-refractivity contribution in [2.75, 3.05) is 12.2 Å². The first-order chi connectivity index (χ1) is 15.6. The van der Waals surface area contributed by atoms with Gasteiger partial charge in [-0.05, 0) is 48.9 Å². The third-order valence-electron chi connectivity index (χ3n) is 4.58. The number of ether oxygens (including phenoxy) is 1. The van der Waals surface area contributed by atoms with Crippen LogP contribution in [0.1, 0.15) is 34.6 Å². The predicted molar refractivity (Wildman–Crippen MR) is 114 cm³/mol. The van der Waals surface area contributed by atoms with Gasteiger partial charge in [0, 0.05) is 18.1 Å².